The first kappa shape index (κ1) is 14.2. The van der Waals surface area contributed by atoms with Gasteiger partial charge < -0.3 is 10.6 Å². The van der Waals surface area contributed by atoms with E-state index in [1.54, 1.807) is 29.0 Å². The van der Waals surface area contributed by atoms with Crippen LogP contribution in [0.15, 0.2) is 41.1 Å². The van der Waals surface area contributed by atoms with E-state index in [4.69, 9.17) is 0 Å². The molecule has 1 aromatic carbocycles. The first-order valence-electron chi connectivity index (χ1n) is 6.01. The molecule has 0 bridgehead atoms. The van der Waals surface area contributed by atoms with Crippen LogP contribution in [0.5, 0.6) is 0 Å². The first-order valence-corrected chi connectivity index (χ1v) is 6.96. The molecule has 20 heavy (non-hydrogen) atoms. The number of carbonyl (C=O) groups is 2. The second-order valence-corrected chi connectivity index (χ2v) is 4.83. The van der Waals surface area contributed by atoms with Crippen molar-refractivity contribution < 1.29 is 14.0 Å². The molecule has 0 fully saturated rings. The van der Waals surface area contributed by atoms with Crippen molar-refractivity contribution >= 4 is 28.8 Å². The van der Waals surface area contributed by atoms with Gasteiger partial charge in [-0.2, -0.15) is 11.3 Å². The fraction of sp³-hybridized carbons (Fsp3) is 0.143. The number of carbonyl (C=O) groups excluding carboxylic acids is 2. The Bertz CT molecular complexity index is 599. The molecule has 6 heteroatoms. The summed E-state index contributed by atoms with van der Waals surface area (Å²) in [6.45, 7) is 0.203. The molecule has 0 aliphatic rings. The van der Waals surface area contributed by atoms with E-state index in [2.05, 4.69) is 10.6 Å². The Morgan fingerprint density at radius 1 is 1.20 bits per heavy atom. The van der Waals surface area contributed by atoms with Crippen molar-refractivity contribution in [1.82, 2.24) is 5.32 Å². The van der Waals surface area contributed by atoms with E-state index in [1.807, 2.05) is 0 Å². The maximum atomic E-state index is 13.3. The van der Waals surface area contributed by atoms with E-state index in [0.29, 0.717) is 5.56 Å². The minimum atomic E-state index is -0.483. The van der Waals surface area contributed by atoms with Gasteiger partial charge in [0.25, 0.3) is 5.91 Å². The second-order valence-electron chi connectivity index (χ2n) is 4.05. The maximum Gasteiger partial charge on any atom is 0.252 e. The zero-order valence-electron chi connectivity index (χ0n) is 10.6. The highest BCUT2D eigenvalue weighted by atomic mass is 32.1. The summed E-state index contributed by atoms with van der Waals surface area (Å²) in [5.41, 5.74) is 0.714. The summed E-state index contributed by atoms with van der Waals surface area (Å²) >= 11 is 1.43. The van der Waals surface area contributed by atoms with Gasteiger partial charge in [0.15, 0.2) is 0 Å². The molecule has 4 nitrogen and oxygen atoms in total. The Morgan fingerprint density at radius 3 is 2.70 bits per heavy atom. The lowest BCUT2D eigenvalue weighted by atomic mass is 10.3. The third kappa shape index (κ3) is 3.89. The molecule has 1 aromatic heterocycles. The number of nitrogens with one attached hydrogen (secondary N) is 2. The van der Waals surface area contributed by atoms with Gasteiger partial charge >= 0.3 is 0 Å². The lowest BCUT2D eigenvalue weighted by Gasteiger charge is -2.06. The van der Waals surface area contributed by atoms with Gasteiger partial charge in [-0.05, 0) is 23.6 Å². The van der Waals surface area contributed by atoms with Gasteiger partial charge in [0, 0.05) is 23.9 Å². The third-order valence-corrected chi connectivity index (χ3v) is 3.25. The van der Waals surface area contributed by atoms with Crippen molar-refractivity contribution in [3.63, 3.8) is 0 Å². The minimum absolute atomic E-state index is 0.0875. The Labute approximate surface area is 119 Å². The standard InChI is InChI=1S/C14H13FN2O2S/c15-11-3-1-2-4-12(11)17-13(18)5-7-16-14(19)10-6-8-20-9-10/h1-4,6,8-9H,5,7H2,(H,16,19)(H,17,18). The predicted molar refractivity (Wildman–Crippen MR) is 76.3 cm³/mol. The van der Waals surface area contributed by atoms with Crippen molar-refractivity contribution in [1.29, 1.82) is 0 Å². The number of rotatable bonds is 5. The van der Waals surface area contributed by atoms with Crippen LogP contribution < -0.4 is 10.6 Å². The molecule has 2 amide bonds. The van der Waals surface area contributed by atoms with Crippen molar-refractivity contribution in [2.45, 2.75) is 6.42 Å². The topological polar surface area (TPSA) is 58.2 Å². The van der Waals surface area contributed by atoms with E-state index in [9.17, 15) is 14.0 Å². The summed E-state index contributed by atoms with van der Waals surface area (Å²) in [6, 6.07) is 7.65. The summed E-state index contributed by atoms with van der Waals surface area (Å²) in [4.78, 5) is 23.2. The molecule has 0 aliphatic carbocycles. The molecule has 2 aromatic rings. The van der Waals surface area contributed by atoms with Crippen LogP contribution in [0.4, 0.5) is 10.1 Å². The smallest absolute Gasteiger partial charge is 0.252 e. The van der Waals surface area contributed by atoms with Crippen molar-refractivity contribution in [3.8, 4) is 0 Å². The van der Waals surface area contributed by atoms with Crippen LogP contribution in [-0.4, -0.2) is 18.4 Å². The van der Waals surface area contributed by atoms with Gasteiger partial charge in [-0.3, -0.25) is 9.59 Å². The fourth-order valence-electron chi connectivity index (χ4n) is 1.56. The second kappa shape index (κ2) is 6.81. The lowest BCUT2D eigenvalue weighted by molar-refractivity contribution is -0.116. The molecular formula is C14H13FN2O2S. The number of hydrogen-bond acceptors (Lipinski definition) is 3. The lowest BCUT2D eigenvalue weighted by Crippen LogP contribution is -2.27. The number of thiophene rings is 1. The highest BCUT2D eigenvalue weighted by Crippen LogP contribution is 2.12. The molecule has 0 saturated carbocycles. The zero-order valence-corrected chi connectivity index (χ0v) is 11.4. The number of benzene rings is 1. The van der Waals surface area contributed by atoms with E-state index < -0.39 is 5.82 Å². The average molecular weight is 292 g/mol. The molecule has 0 spiro atoms. The van der Waals surface area contributed by atoms with Gasteiger partial charge in [0.2, 0.25) is 5.91 Å². The quantitative estimate of drug-likeness (QED) is 0.890. The van der Waals surface area contributed by atoms with Crippen molar-refractivity contribution in [2.75, 3.05) is 11.9 Å². The number of amides is 2. The SMILES string of the molecule is O=C(CCNC(=O)c1ccsc1)Nc1ccccc1F. The zero-order chi connectivity index (χ0) is 14.4. The minimum Gasteiger partial charge on any atom is -0.351 e. The first-order chi connectivity index (χ1) is 9.66. The molecule has 0 unspecified atom stereocenters. The van der Waals surface area contributed by atoms with Crippen LogP contribution in [0, 0.1) is 5.82 Å². The maximum absolute atomic E-state index is 13.3. The highest BCUT2D eigenvalue weighted by Gasteiger charge is 2.08. The van der Waals surface area contributed by atoms with Crippen LogP contribution in [0.2, 0.25) is 0 Å². The van der Waals surface area contributed by atoms with Gasteiger partial charge in [-0.25, -0.2) is 4.39 Å². The highest BCUT2D eigenvalue weighted by molar-refractivity contribution is 7.08. The molecule has 0 aliphatic heterocycles. The van der Waals surface area contributed by atoms with Crippen LogP contribution >= 0.6 is 11.3 Å². The van der Waals surface area contributed by atoms with Crippen LogP contribution in [0.25, 0.3) is 0 Å². The van der Waals surface area contributed by atoms with Crippen molar-refractivity contribution in [3.05, 3.63) is 52.5 Å². The summed E-state index contributed by atoms with van der Waals surface area (Å²) in [7, 11) is 0. The van der Waals surface area contributed by atoms with Crippen LogP contribution in [0.1, 0.15) is 16.8 Å². The summed E-state index contributed by atoms with van der Waals surface area (Å²) in [5.74, 6) is -1.05. The number of para-hydroxylation sites is 1. The number of hydrogen-bond donors (Lipinski definition) is 2. The molecule has 2 rings (SSSR count). The summed E-state index contributed by atoms with van der Waals surface area (Å²) in [6.07, 6.45) is 0.0875. The predicted octanol–water partition coefficient (Wildman–Crippen LogP) is 2.65. The third-order valence-electron chi connectivity index (χ3n) is 2.57. The number of halogens is 1. The average Bonchev–Trinajstić information content (AvgIpc) is 2.95. The van der Waals surface area contributed by atoms with E-state index in [0.717, 1.165) is 0 Å². The van der Waals surface area contributed by atoms with Crippen LogP contribution in [0.3, 0.4) is 0 Å². The van der Waals surface area contributed by atoms with E-state index in [-0.39, 0.29) is 30.5 Å². The molecule has 0 atom stereocenters. The molecule has 0 radical (unpaired) electrons. The Morgan fingerprint density at radius 2 is 2.00 bits per heavy atom. The molecule has 104 valence electrons. The molecule has 2 N–H and O–H groups in total. The normalized spacial score (nSPS) is 10.1. The molecule has 1 heterocycles. The number of anilines is 1. The Kier molecular flexibility index (Phi) is 4.84. The van der Waals surface area contributed by atoms with Crippen molar-refractivity contribution in [2.24, 2.45) is 0 Å². The Balaban J connectivity index is 1.76. The molecule has 0 saturated heterocycles. The van der Waals surface area contributed by atoms with Gasteiger partial charge in [0.1, 0.15) is 5.82 Å². The fourth-order valence-corrected chi connectivity index (χ4v) is 2.20. The van der Waals surface area contributed by atoms with Crippen LogP contribution in [-0.2, 0) is 4.79 Å². The van der Waals surface area contributed by atoms with Gasteiger partial charge in [-0.1, -0.05) is 12.1 Å². The van der Waals surface area contributed by atoms with Gasteiger partial charge in [-0.15, -0.1) is 0 Å². The Hall–Kier alpha value is -2.21. The summed E-state index contributed by atoms with van der Waals surface area (Å²) in [5, 5.41) is 8.62. The molecular weight excluding hydrogens is 279 g/mol. The van der Waals surface area contributed by atoms with E-state index in [1.165, 1.54) is 23.5 Å². The van der Waals surface area contributed by atoms with Gasteiger partial charge in [0.05, 0.1) is 5.69 Å². The summed E-state index contributed by atoms with van der Waals surface area (Å²) < 4.78 is 13.3. The largest absolute Gasteiger partial charge is 0.351 e. The van der Waals surface area contributed by atoms with E-state index >= 15 is 0 Å². The monoisotopic (exact) mass is 292 g/mol.